The van der Waals surface area contributed by atoms with Crippen LogP contribution < -0.4 is 5.32 Å². The number of nitrogens with one attached hydrogen (secondary N) is 1. The lowest BCUT2D eigenvalue weighted by molar-refractivity contribution is 0.0222. The van der Waals surface area contributed by atoms with Crippen LogP contribution in [-0.4, -0.2) is 37.6 Å². The third kappa shape index (κ3) is 2.73. The van der Waals surface area contributed by atoms with Gasteiger partial charge in [-0.05, 0) is 36.6 Å². The summed E-state index contributed by atoms with van der Waals surface area (Å²) in [6.07, 6.45) is 2.76. The molecule has 0 radical (unpaired) electrons. The number of likely N-dealkylation sites (tertiary alicyclic amines) is 1. The Balaban J connectivity index is 1.74. The monoisotopic (exact) mass is 210 g/mol. The maximum Gasteiger partial charge on any atom is 0.00477 e. The molecule has 2 aliphatic heterocycles. The Hall–Kier alpha value is -0.0800. The number of hydrogen-bond donors (Lipinski definition) is 1. The molecule has 2 rings (SSSR count). The van der Waals surface area contributed by atoms with E-state index in [-0.39, 0.29) is 0 Å². The fraction of sp³-hybridized carbons (Fsp3) is 1.00. The van der Waals surface area contributed by atoms with E-state index in [0.717, 1.165) is 11.8 Å². The summed E-state index contributed by atoms with van der Waals surface area (Å²) in [5.74, 6) is 1.84. The van der Waals surface area contributed by atoms with Crippen molar-refractivity contribution in [1.29, 1.82) is 0 Å². The Morgan fingerprint density at radius 1 is 1.40 bits per heavy atom. The average Bonchev–Trinajstić information content (AvgIpc) is 2.11. The first-order valence-electron chi connectivity index (χ1n) is 6.52. The standard InChI is InChI=1S/C13H26N2/c1-11(2)12-7-15(8-12)10-13(3)5-4-6-14-9-13/h11-12,14H,4-10H2,1-3H3. The smallest absolute Gasteiger partial charge is 0.00477 e. The van der Waals surface area contributed by atoms with E-state index >= 15 is 0 Å². The van der Waals surface area contributed by atoms with Crippen LogP contribution in [0.5, 0.6) is 0 Å². The highest BCUT2D eigenvalue weighted by atomic mass is 15.2. The second-order valence-electron chi connectivity index (χ2n) is 6.29. The lowest BCUT2D eigenvalue weighted by atomic mass is 9.79. The summed E-state index contributed by atoms with van der Waals surface area (Å²) in [4.78, 5) is 2.65. The van der Waals surface area contributed by atoms with E-state index in [9.17, 15) is 0 Å². The Morgan fingerprint density at radius 3 is 2.67 bits per heavy atom. The SMILES string of the molecule is CC(C)C1CN(CC2(C)CCCNC2)C1. The second-order valence-corrected chi connectivity index (χ2v) is 6.29. The van der Waals surface area contributed by atoms with Crippen molar-refractivity contribution in [1.82, 2.24) is 10.2 Å². The van der Waals surface area contributed by atoms with Gasteiger partial charge in [0.2, 0.25) is 0 Å². The fourth-order valence-electron chi connectivity index (χ4n) is 2.95. The van der Waals surface area contributed by atoms with Crippen molar-refractivity contribution in [3.8, 4) is 0 Å². The summed E-state index contributed by atoms with van der Waals surface area (Å²) < 4.78 is 0. The van der Waals surface area contributed by atoms with E-state index in [1.165, 1.54) is 45.6 Å². The molecule has 2 heteroatoms. The summed E-state index contributed by atoms with van der Waals surface area (Å²) in [5, 5.41) is 3.54. The van der Waals surface area contributed by atoms with Crippen LogP contribution in [0.25, 0.3) is 0 Å². The lowest BCUT2D eigenvalue weighted by Gasteiger charge is -2.47. The van der Waals surface area contributed by atoms with Gasteiger partial charge in [-0.2, -0.15) is 0 Å². The normalized spacial score (nSPS) is 34.4. The average molecular weight is 210 g/mol. The Morgan fingerprint density at radius 2 is 2.13 bits per heavy atom. The molecule has 1 atom stereocenters. The van der Waals surface area contributed by atoms with Crippen molar-refractivity contribution in [3.05, 3.63) is 0 Å². The summed E-state index contributed by atoms with van der Waals surface area (Å²) in [7, 11) is 0. The summed E-state index contributed by atoms with van der Waals surface area (Å²) in [5.41, 5.74) is 0.542. The first kappa shape index (κ1) is 11.4. The number of nitrogens with zero attached hydrogens (tertiary/aromatic N) is 1. The second kappa shape index (κ2) is 4.42. The molecule has 0 aromatic rings. The van der Waals surface area contributed by atoms with E-state index in [1.54, 1.807) is 0 Å². The van der Waals surface area contributed by atoms with Crippen LogP contribution in [0.15, 0.2) is 0 Å². The minimum atomic E-state index is 0.542. The van der Waals surface area contributed by atoms with Crippen LogP contribution in [-0.2, 0) is 0 Å². The molecular formula is C13H26N2. The third-order valence-corrected chi connectivity index (χ3v) is 4.22. The first-order chi connectivity index (χ1) is 7.09. The predicted octanol–water partition coefficient (Wildman–Crippen LogP) is 1.96. The van der Waals surface area contributed by atoms with Crippen LogP contribution in [0.2, 0.25) is 0 Å². The molecule has 2 saturated heterocycles. The van der Waals surface area contributed by atoms with E-state index in [2.05, 4.69) is 31.0 Å². The van der Waals surface area contributed by atoms with Crippen LogP contribution in [0.3, 0.4) is 0 Å². The maximum absolute atomic E-state index is 3.54. The van der Waals surface area contributed by atoms with Crippen LogP contribution in [0.1, 0.15) is 33.6 Å². The minimum absolute atomic E-state index is 0.542. The number of rotatable bonds is 3. The molecule has 88 valence electrons. The highest BCUT2D eigenvalue weighted by Gasteiger charge is 2.35. The largest absolute Gasteiger partial charge is 0.316 e. The van der Waals surface area contributed by atoms with Gasteiger partial charge in [-0.3, -0.25) is 0 Å². The van der Waals surface area contributed by atoms with Crippen molar-refractivity contribution < 1.29 is 0 Å². The van der Waals surface area contributed by atoms with Crippen LogP contribution >= 0.6 is 0 Å². The molecule has 0 aromatic heterocycles. The quantitative estimate of drug-likeness (QED) is 0.766. The lowest BCUT2D eigenvalue weighted by Crippen LogP contribution is -2.55. The molecule has 2 nitrogen and oxygen atoms in total. The fourth-order valence-corrected chi connectivity index (χ4v) is 2.95. The summed E-state index contributed by atoms with van der Waals surface area (Å²) in [6, 6.07) is 0. The van der Waals surface area contributed by atoms with E-state index in [1.807, 2.05) is 0 Å². The third-order valence-electron chi connectivity index (χ3n) is 4.22. The first-order valence-corrected chi connectivity index (χ1v) is 6.52. The molecule has 15 heavy (non-hydrogen) atoms. The molecule has 0 saturated carbocycles. The highest BCUT2D eigenvalue weighted by Crippen LogP contribution is 2.31. The zero-order valence-electron chi connectivity index (χ0n) is 10.6. The van der Waals surface area contributed by atoms with Gasteiger partial charge in [0.1, 0.15) is 0 Å². The van der Waals surface area contributed by atoms with Gasteiger partial charge in [-0.15, -0.1) is 0 Å². The minimum Gasteiger partial charge on any atom is -0.316 e. The van der Waals surface area contributed by atoms with Gasteiger partial charge in [0.05, 0.1) is 0 Å². The summed E-state index contributed by atoms with van der Waals surface area (Å²) >= 11 is 0. The summed E-state index contributed by atoms with van der Waals surface area (Å²) in [6.45, 7) is 13.6. The molecule has 0 spiro atoms. The van der Waals surface area contributed by atoms with Crippen molar-refractivity contribution in [2.75, 3.05) is 32.7 Å². The zero-order valence-corrected chi connectivity index (χ0v) is 10.6. The Bertz CT molecular complexity index is 201. The number of piperidine rings is 1. The molecule has 2 aliphatic rings. The molecule has 2 heterocycles. The molecule has 0 amide bonds. The Labute approximate surface area is 94.4 Å². The van der Waals surface area contributed by atoms with Gasteiger partial charge in [0.25, 0.3) is 0 Å². The molecule has 0 aliphatic carbocycles. The maximum atomic E-state index is 3.54. The van der Waals surface area contributed by atoms with Gasteiger partial charge < -0.3 is 10.2 Å². The van der Waals surface area contributed by atoms with Gasteiger partial charge in [-0.1, -0.05) is 20.8 Å². The van der Waals surface area contributed by atoms with Crippen LogP contribution in [0.4, 0.5) is 0 Å². The van der Waals surface area contributed by atoms with Gasteiger partial charge >= 0.3 is 0 Å². The molecule has 1 unspecified atom stereocenters. The number of hydrogen-bond acceptors (Lipinski definition) is 2. The Kier molecular flexibility index (Phi) is 3.36. The zero-order chi connectivity index (χ0) is 10.9. The van der Waals surface area contributed by atoms with E-state index < -0.39 is 0 Å². The van der Waals surface area contributed by atoms with E-state index in [0.29, 0.717) is 5.41 Å². The predicted molar refractivity (Wildman–Crippen MR) is 65.0 cm³/mol. The van der Waals surface area contributed by atoms with E-state index in [4.69, 9.17) is 0 Å². The van der Waals surface area contributed by atoms with Crippen LogP contribution in [0, 0.1) is 17.3 Å². The molecular weight excluding hydrogens is 184 g/mol. The van der Waals surface area contributed by atoms with Crippen molar-refractivity contribution in [3.63, 3.8) is 0 Å². The molecule has 0 aromatic carbocycles. The topological polar surface area (TPSA) is 15.3 Å². The highest BCUT2D eigenvalue weighted by molar-refractivity contribution is 4.89. The molecule has 0 bridgehead atoms. The molecule has 1 N–H and O–H groups in total. The van der Waals surface area contributed by atoms with Crippen molar-refractivity contribution >= 4 is 0 Å². The van der Waals surface area contributed by atoms with Gasteiger partial charge in [-0.25, -0.2) is 0 Å². The van der Waals surface area contributed by atoms with Gasteiger partial charge in [0, 0.05) is 26.2 Å². The van der Waals surface area contributed by atoms with Gasteiger partial charge in [0.15, 0.2) is 0 Å². The molecule has 2 fully saturated rings. The van der Waals surface area contributed by atoms with Crippen molar-refractivity contribution in [2.24, 2.45) is 17.3 Å². The van der Waals surface area contributed by atoms with Crippen molar-refractivity contribution in [2.45, 2.75) is 33.6 Å².